The quantitative estimate of drug-likeness (QED) is 0.122. The highest BCUT2D eigenvalue weighted by Gasteiger charge is 2.47. The zero-order chi connectivity index (χ0) is 38.5. The number of nitrogens with zero attached hydrogens (tertiary/aromatic N) is 6. The van der Waals surface area contributed by atoms with Crippen LogP contribution in [0.25, 0.3) is 6.08 Å². The third kappa shape index (κ3) is 11.4. The number of carbonyl (C=O) groups excluding carboxylic acids is 2. The van der Waals surface area contributed by atoms with Crippen molar-refractivity contribution in [1.29, 1.82) is 5.26 Å². The predicted molar refractivity (Wildman–Crippen MR) is 191 cm³/mol. The molecular formula is C37H41F3N6O7S. The van der Waals surface area contributed by atoms with E-state index in [1.54, 1.807) is 31.2 Å². The molecule has 0 bridgehead atoms. The van der Waals surface area contributed by atoms with Crippen molar-refractivity contribution in [1.82, 2.24) is 24.6 Å². The molecule has 0 spiro atoms. The number of nitriles is 1. The van der Waals surface area contributed by atoms with Crippen molar-refractivity contribution in [3.63, 3.8) is 0 Å². The number of ether oxygens (including phenoxy) is 5. The highest BCUT2D eigenvalue weighted by Crippen LogP contribution is 2.42. The van der Waals surface area contributed by atoms with E-state index < -0.39 is 46.7 Å². The SMILES string of the molecule is C[C@@H](SC1COC(C=CC=Cc2ccc(C#N)cc2F)OC1)[C@@](Cn1cncn1)(OC(=O)OCCOC(=O)CN1CCN(C)CC1)c1ccc(F)cc1F. The second-order valence-electron chi connectivity index (χ2n) is 12.6. The lowest BCUT2D eigenvalue weighted by Crippen LogP contribution is -2.47. The van der Waals surface area contributed by atoms with E-state index in [9.17, 15) is 18.4 Å². The van der Waals surface area contributed by atoms with Crippen LogP contribution in [0.3, 0.4) is 0 Å². The lowest BCUT2D eigenvalue weighted by Gasteiger charge is -2.40. The zero-order valence-electron chi connectivity index (χ0n) is 29.8. The van der Waals surface area contributed by atoms with Crippen molar-refractivity contribution in [2.45, 2.75) is 35.9 Å². The van der Waals surface area contributed by atoms with E-state index in [2.05, 4.69) is 15.0 Å². The Bertz CT molecular complexity index is 1810. The molecule has 0 aliphatic carbocycles. The number of rotatable bonds is 15. The van der Waals surface area contributed by atoms with Crippen LogP contribution in [-0.2, 0) is 40.6 Å². The number of esters is 1. The van der Waals surface area contributed by atoms with Gasteiger partial charge in [0.25, 0.3) is 0 Å². The Hall–Kier alpha value is -4.73. The smallest absolute Gasteiger partial charge is 0.461 e. The molecule has 0 amide bonds. The lowest BCUT2D eigenvalue weighted by molar-refractivity contribution is -0.147. The summed E-state index contributed by atoms with van der Waals surface area (Å²) in [6, 6.07) is 9.05. The van der Waals surface area contributed by atoms with E-state index in [0.29, 0.717) is 11.6 Å². The summed E-state index contributed by atoms with van der Waals surface area (Å²) in [6.07, 6.45) is 7.22. The van der Waals surface area contributed by atoms with Crippen molar-refractivity contribution in [2.75, 3.05) is 66.2 Å². The van der Waals surface area contributed by atoms with Gasteiger partial charge in [0.2, 0.25) is 0 Å². The predicted octanol–water partition coefficient (Wildman–Crippen LogP) is 4.54. The van der Waals surface area contributed by atoms with Crippen molar-refractivity contribution in [3.05, 3.63) is 101 Å². The average Bonchev–Trinajstić information content (AvgIpc) is 3.66. The van der Waals surface area contributed by atoms with Crippen LogP contribution in [0.5, 0.6) is 0 Å². The number of hydrogen-bond donors (Lipinski definition) is 0. The summed E-state index contributed by atoms with van der Waals surface area (Å²) in [4.78, 5) is 33.8. The second kappa shape index (κ2) is 19.6. The van der Waals surface area contributed by atoms with Gasteiger partial charge in [0.1, 0.15) is 43.3 Å². The molecule has 13 nitrogen and oxygen atoms in total. The Morgan fingerprint density at radius 3 is 2.50 bits per heavy atom. The van der Waals surface area contributed by atoms with Gasteiger partial charge in [-0.05, 0) is 44.3 Å². The number of thioether (sulfide) groups is 1. The Morgan fingerprint density at radius 1 is 1.06 bits per heavy atom. The third-order valence-electron chi connectivity index (χ3n) is 8.76. The molecule has 3 aromatic rings. The number of piperazine rings is 1. The first-order valence-electron chi connectivity index (χ1n) is 17.2. The van der Waals surface area contributed by atoms with E-state index in [0.717, 1.165) is 38.3 Å². The summed E-state index contributed by atoms with van der Waals surface area (Å²) in [5.74, 6) is -2.76. The van der Waals surface area contributed by atoms with Gasteiger partial charge in [0, 0.05) is 48.6 Å². The molecule has 2 saturated heterocycles. The Labute approximate surface area is 315 Å². The van der Waals surface area contributed by atoms with Crippen LogP contribution in [-0.4, -0.2) is 120 Å². The van der Waals surface area contributed by atoms with Crippen LogP contribution in [0.2, 0.25) is 0 Å². The first-order valence-corrected chi connectivity index (χ1v) is 18.1. The van der Waals surface area contributed by atoms with Gasteiger partial charge in [0.15, 0.2) is 11.9 Å². The molecule has 1 aromatic heterocycles. The maximum absolute atomic E-state index is 15.6. The molecule has 2 fully saturated rings. The molecule has 2 aromatic carbocycles. The summed E-state index contributed by atoms with van der Waals surface area (Å²) in [6.45, 7) is 4.62. The van der Waals surface area contributed by atoms with E-state index in [1.165, 1.54) is 47.3 Å². The van der Waals surface area contributed by atoms with Gasteiger partial charge >= 0.3 is 12.1 Å². The number of aromatic nitrogens is 3. The van der Waals surface area contributed by atoms with Crippen LogP contribution < -0.4 is 0 Å². The number of allylic oxidation sites excluding steroid dienone is 2. The molecule has 2 atom stereocenters. The molecule has 54 heavy (non-hydrogen) atoms. The third-order valence-corrected chi connectivity index (χ3v) is 10.2. The number of carbonyl (C=O) groups is 2. The minimum absolute atomic E-state index is 0.113. The first-order chi connectivity index (χ1) is 26.0. The molecule has 2 aliphatic rings. The Morgan fingerprint density at radius 2 is 1.81 bits per heavy atom. The van der Waals surface area contributed by atoms with Gasteiger partial charge in [0.05, 0.1) is 43.2 Å². The first kappa shape index (κ1) is 40.5. The normalized spacial score (nSPS) is 20.0. The average molecular weight is 771 g/mol. The van der Waals surface area contributed by atoms with Crippen LogP contribution in [0.4, 0.5) is 18.0 Å². The lowest BCUT2D eigenvalue weighted by atomic mass is 9.89. The van der Waals surface area contributed by atoms with Crippen LogP contribution in [0, 0.1) is 28.8 Å². The maximum Gasteiger partial charge on any atom is 0.509 e. The fourth-order valence-corrected chi connectivity index (χ4v) is 7.18. The van der Waals surface area contributed by atoms with E-state index in [-0.39, 0.29) is 55.9 Å². The summed E-state index contributed by atoms with van der Waals surface area (Å²) >= 11 is 1.30. The number of halogens is 3. The molecule has 0 N–H and O–H groups in total. The Balaban J connectivity index is 1.22. The molecule has 288 valence electrons. The summed E-state index contributed by atoms with van der Waals surface area (Å²) in [7, 11) is 2.01. The van der Waals surface area contributed by atoms with Crippen molar-refractivity contribution in [2.24, 2.45) is 0 Å². The van der Waals surface area contributed by atoms with E-state index in [4.69, 9.17) is 28.9 Å². The van der Waals surface area contributed by atoms with Gasteiger partial charge in [-0.25, -0.2) is 27.6 Å². The number of likely N-dealkylation sites (N-methyl/N-ethyl adjacent to an activating group) is 1. The number of benzene rings is 2. The zero-order valence-corrected chi connectivity index (χ0v) is 30.6. The highest BCUT2D eigenvalue weighted by atomic mass is 32.2. The fourth-order valence-electron chi connectivity index (χ4n) is 5.82. The molecule has 17 heteroatoms. The van der Waals surface area contributed by atoms with Gasteiger partial charge in [-0.1, -0.05) is 24.3 Å². The van der Waals surface area contributed by atoms with E-state index in [1.807, 2.05) is 18.0 Å². The topological polar surface area (TPSA) is 141 Å². The fraction of sp³-hybridized carbons (Fsp3) is 0.432. The summed E-state index contributed by atoms with van der Waals surface area (Å²) in [5, 5.41) is 12.0. The Kier molecular flexibility index (Phi) is 14.6. The van der Waals surface area contributed by atoms with Crippen molar-refractivity contribution < 1.29 is 46.4 Å². The molecule has 0 unspecified atom stereocenters. The molecular weight excluding hydrogens is 730 g/mol. The van der Waals surface area contributed by atoms with E-state index >= 15 is 4.39 Å². The molecule has 0 radical (unpaired) electrons. The van der Waals surface area contributed by atoms with Crippen LogP contribution in [0.1, 0.15) is 23.6 Å². The van der Waals surface area contributed by atoms with Gasteiger partial charge in [-0.15, -0.1) is 11.8 Å². The second-order valence-corrected chi connectivity index (χ2v) is 14.3. The molecule has 5 rings (SSSR count). The van der Waals surface area contributed by atoms with Crippen LogP contribution in [0.15, 0.2) is 67.3 Å². The summed E-state index contributed by atoms with van der Waals surface area (Å²) in [5.41, 5.74) is -1.40. The van der Waals surface area contributed by atoms with Crippen LogP contribution >= 0.6 is 11.8 Å². The molecule has 2 aliphatic heterocycles. The highest BCUT2D eigenvalue weighted by molar-refractivity contribution is 8.00. The molecule has 0 saturated carbocycles. The summed E-state index contributed by atoms with van der Waals surface area (Å²) < 4.78 is 73.6. The monoisotopic (exact) mass is 770 g/mol. The maximum atomic E-state index is 15.6. The van der Waals surface area contributed by atoms with Gasteiger partial charge in [-0.3, -0.25) is 9.69 Å². The van der Waals surface area contributed by atoms with Gasteiger partial charge < -0.3 is 28.6 Å². The molecule has 3 heterocycles. The van der Waals surface area contributed by atoms with Crippen molar-refractivity contribution >= 4 is 30.0 Å². The number of hydrogen-bond acceptors (Lipinski definition) is 13. The van der Waals surface area contributed by atoms with Gasteiger partial charge in [-0.2, -0.15) is 10.4 Å². The standard InChI is InChI=1S/C37H41F3N6O7S/c1-26(54-30-21-51-35(52-22-30)6-4-3-5-28-8-7-27(19-41)17-32(28)39)37(23-46-25-42-24-43-46,31-10-9-29(38)18-33(31)40)53-36(48)50-16-15-49-34(47)20-45-13-11-44(2)12-14-45/h3-10,17-18,24-26,30,35H,11-16,20-23H2,1-2H3/t26-,30?,35?,37-/m1/s1. The minimum atomic E-state index is -1.81. The largest absolute Gasteiger partial charge is 0.509 e. The minimum Gasteiger partial charge on any atom is -0.461 e. The van der Waals surface area contributed by atoms with Crippen molar-refractivity contribution in [3.8, 4) is 6.07 Å².